The van der Waals surface area contributed by atoms with Crippen LogP contribution in [0.4, 0.5) is 13.2 Å². The Balaban J connectivity index is 1.98. The molecule has 0 aliphatic carbocycles. The molecule has 0 N–H and O–H groups in total. The molecule has 2 heterocycles. The van der Waals surface area contributed by atoms with Gasteiger partial charge < -0.3 is 14.2 Å². The van der Waals surface area contributed by atoms with Gasteiger partial charge in [-0.25, -0.2) is 0 Å². The highest BCUT2D eigenvalue weighted by molar-refractivity contribution is 6.30. The monoisotopic (exact) mass is 481 g/mol. The molecule has 2 atom stereocenters. The van der Waals surface area contributed by atoms with Crippen molar-refractivity contribution in [3.63, 3.8) is 0 Å². The van der Waals surface area contributed by atoms with Gasteiger partial charge in [0, 0.05) is 16.1 Å². The number of carbonyl (C=O) groups excluding carboxylic acids is 1. The molecule has 2 aromatic carbocycles. The fourth-order valence-corrected chi connectivity index (χ4v) is 3.98. The molecule has 0 radical (unpaired) electrons. The maximum Gasteiger partial charge on any atom is 0.452 e. The number of hydrogen-bond donors (Lipinski definition) is 0. The zero-order valence-electron chi connectivity index (χ0n) is 17.6. The molecule has 0 fully saturated rings. The lowest BCUT2D eigenvalue weighted by Gasteiger charge is -2.24. The lowest BCUT2D eigenvalue weighted by molar-refractivity contribution is -0.147. The third-order valence-electron chi connectivity index (χ3n) is 5.12. The highest BCUT2D eigenvalue weighted by Crippen LogP contribution is 2.45. The van der Waals surface area contributed by atoms with E-state index in [0.717, 1.165) is 4.57 Å². The van der Waals surface area contributed by atoms with Crippen LogP contribution in [0.15, 0.2) is 42.5 Å². The van der Waals surface area contributed by atoms with Gasteiger partial charge >= 0.3 is 12.1 Å². The van der Waals surface area contributed by atoms with Gasteiger partial charge in [0.25, 0.3) is 0 Å². The number of fused-ring (bicyclic) bond motifs is 3. The van der Waals surface area contributed by atoms with Gasteiger partial charge in [0.05, 0.1) is 25.8 Å². The number of alkyl halides is 3. The van der Waals surface area contributed by atoms with Gasteiger partial charge in [0.2, 0.25) is 5.82 Å². The van der Waals surface area contributed by atoms with Gasteiger partial charge in [-0.15, -0.1) is 10.2 Å². The largest absolute Gasteiger partial charge is 0.496 e. The molecule has 1 aromatic heterocycles. The number of para-hydroxylation sites is 1. The number of ether oxygens (including phenoxy) is 3. The first-order valence-corrected chi connectivity index (χ1v) is 10.4. The molecule has 0 saturated carbocycles. The van der Waals surface area contributed by atoms with Crippen molar-refractivity contribution in [1.29, 1.82) is 0 Å². The van der Waals surface area contributed by atoms with Crippen LogP contribution in [-0.2, 0) is 20.4 Å². The second-order valence-corrected chi connectivity index (χ2v) is 7.61. The first kappa shape index (κ1) is 23.1. The molecule has 4 rings (SSSR count). The molecule has 11 heteroatoms. The molecule has 0 bridgehead atoms. The second-order valence-electron chi connectivity index (χ2n) is 7.17. The molecule has 0 saturated heterocycles. The van der Waals surface area contributed by atoms with Crippen molar-refractivity contribution >= 4 is 17.6 Å². The van der Waals surface area contributed by atoms with E-state index in [1.54, 1.807) is 31.2 Å². The first-order chi connectivity index (χ1) is 15.7. The molecule has 0 amide bonds. The minimum absolute atomic E-state index is 0.109. The van der Waals surface area contributed by atoms with Crippen LogP contribution >= 0.6 is 11.6 Å². The van der Waals surface area contributed by atoms with Gasteiger partial charge in [0.15, 0.2) is 5.82 Å². The molecule has 33 heavy (non-hydrogen) atoms. The third-order valence-corrected chi connectivity index (χ3v) is 5.36. The zero-order chi connectivity index (χ0) is 23.8. The minimum Gasteiger partial charge on any atom is -0.496 e. The van der Waals surface area contributed by atoms with Crippen LogP contribution in [0.25, 0.3) is 5.69 Å². The van der Waals surface area contributed by atoms with Gasteiger partial charge in [-0.2, -0.15) is 13.2 Å². The SMILES string of the molecule is CCOC(=O)C[C@@H]1O[C@@H](c2ccccc2OC)c2cc(Cl)ccc2-n2c1nnc2C(F)(F)F. The van der Waals surface area contributed by atoms with E-state index in [1.807, 2.05) is 0 Å². The molecular formula is C22H19ClF3N3O4. The number of nitrogens with zero attached hydrogens (tertiary/aromatic N) is 3. The van der Waals surface area contributed by atoms with E-state index in [2.05, 4.69) is 10.2 Å². The topological polar surface area (TPSA) is 75.5 Å². The fraction of sp³-hybridized carbons (Fsp3) is 0.318. The van der Waals surface area contributed by atoms with Crippen LogP contribution in [-0.4, -0.2) is 34.5 Å². The summed E-state index contributed by atoms with van der Waals surface area (Å²) in [7, 11) is 1.47. The van der Waals surface area contributed by atoms with Crippen molar-refractivity contribution in [2.45, 2.75) is 31.7 Å². The van der Waals surface area contributed by atoms with Crippen molar-refractivity contribution < 1.29 is 32.2 Å². The summed E-state index contributed by atoms with van der Waals surface area (Å²) in [6.45, 7) is 1.74. The fourth-order valence-electron chi connectivity index (χ4n) is 3.80. The average Bonchev–Trinajstić information content (AvgIpc) is 3.17. The molecule has 174 valence electrons. The van der Waals surface area contributed by atoms with Crippen molar-refractivity contribution in [3.05, 3.63) is 70.3 Å². The normalized spacial score (nSPS) is 17.6. The summed E-state index contributed by atoms with van der Waals surface area (Å²) in [4.78, 5) is 12.3. The summed E-state index contributed by atoms with van der Waals surface area (Å²) in [6.07, 6.45) is -7.27. The standard InChI is InChI=1S/C22H19ClF3N3O4/c1-3-32-18(30)11-17-20-27-28-21(22(24,25)26)29(20)15-9-8-12(23)10-14(15)19(33-17)13-6-4-5-7-16(13)31-2/h4-10,17,19H,3,11H2,1-2H3/t17-,19-/m0/s1. The predicted molar refractivity (Wildman–Crippen MR) is 111 cm³/mol. The average molecular weight is 482 g/mol. The summed E-state index contributed by atoms with van der Waals surface area (Å²) in [5, 5.41) is 7.43. The molecule has 0 spiro atoms. The molecule has 0 unspecified atom stereocenters. The summed E-state index contributed by atoms with van der Waals surface area (Å²) >= 11 is 6.23. The van der Waals surface area contributed by atoms with Crippen LogP contribution in [0, 0.1) is 0 Å². The predicted octanol–water partition coefficient (Wildman–Crippen LogP) is 5.06. The Bertz CT molecular complexity index is 1180. The van der Waals surface area contributed by atoms with E-state index in [4.69, 9.17) is 25.8 Å². The van der Waals surface area contributed by atoms with Crippen molar-refractivity contribution in [3.8, 4) is 11.4 Å². The summed E-state index contributed by atoms with van der Waals surface area (Å²) in [5.41, 5.74) is 1.02. The molecule has 1 aliphatic heterocycles. The minimum atomic E-state index is -4.80. The van der Waals surface area contributed by atoms with E-state index >= 15 is 0 Å². The van der Waals surface area contributed by atoms with Crippen LogP contribution in [0.1, 0.15) is 48.3 Å². The number of rotatable bonds is 5. The lowest BCUT2D eigenvalue weighted by Crippen LogP contribution is -2.18. The number of hydrogen-bond acceptors (Lipinski definition) is 6. The van der Waals surface area contributed by atoms with Gasteiger partial charge in [-0.05, 0) is 31.2 Å². The Morgan fingerprint density at radius 1 is 1.18 bits per heavy atom. The highest BCUT2D eigenvalue weighted by atomic mass is 35.5. The van der Waals surface area contributed by atoms with Gasteiger partial charge in [-0.3, -0.25) is 9.36 Å². The van der Waals surface area contributed by atoms with Crippen LogP contribution < -0.4 is 4.74 Å². The van der Waals surface area contributed by atoms with E-state index in [1.165, 1.54) is 25.3 Å². The summed E-state index contributed by atoms with van der Waals surface area (Å²) in [6, 6.07) is 11.4. The Hall–Kier alpha value is -3.11. The van der Waals surface area contributed by atoms with Gasteiger partial charge in [0.1, 0.15) is 18.0 Å². The Morgan fingerprint density at radius 2 is 1.94 bits per heavy atom. The lowest BCUT2D eigenvalue weighted by atomic mass is 9.98. The van der Waals surface area contributed by atoms with Gasteiger partial charge in [-0.1, -0.05) is 29.8 Å². The van der Waals surface area contributed by atoms with E-state index in [9.17, 15) is 18.0 Å². The number of methoxy groups -OCH3 is 1. The Morgan fingerprint density at radius 3 is 2.64 bits per heavy atom. The van der Waals surface area contributed by atoms with Crippen LogP contribution in [0.5, 0.6) is 5.75 Å². The summed E-state index contributed by atoms with van der Waals surface area (Å²) in [5.74, 6) is -1.60. The highest BCUT2D eigenvalue weighted by Gasteiger charge is 2.43. The summed E-state index contributed by atoms with van der Waals surface area (Å²) < 4.78 is 59.2. The van der Waals surface area contributed by atoms with Crippen LogP contribution in [0.3, 0.4) is 0 Å². The Labute approximate surface area is 192 Å². The van der Waals surface area contributed by atoms with E-state index in [0.29, 0.717) is 21.9 Å². The number of carbonyl (C=O) groups is 1. The second kappa shape index (κ2) is 9.03. The molecule has 7 nitrogen and oxygen atoms in total. The number of halogens is 4. The number of esters is 1. The third kappa shape index (κ3) is 4.40. The van der Waals surface area contributed by atoms with Crippen LogP contribution in [0.2, 0.25) is 5.02 Å². The molecule has 1 aliphatic rings. The van der Waals surface area contributed by atoms with Crippen molar-refractivity contribution in [1.82, 2.24) is 14.8 Å². The maximum atomic E-state index is 13.9. The first-order valence-electron chi connectivity index (χ1n) is 10.0. The Kier molecular flexibility index (Phi) is 6.31. The smallest absolute Gasteiger partial charge is 0.452 e. The molecular weight excluding hydrogens is 463 g/mol. The van der Waals surface area contributed by atoms with E-state index < -0.39 is 30.2 Å². The van der Waals surface area contributed by atoms with E-state index in [-0.39, 0.29) is 24.5 Å². The zero-order valence-corrected chi connectivity index (χ0v) is 18.4. The number of benzene rings is 2. The number of aromatic nitrogens is 3. The maximum absolute atomic E-state index is 13.9. The molecule has 3 aromatic rings. The van der Waals surface area contributed by atoms with Crippen molar-refractivity contribution in [2.24, 2.45) is 0 Å². The van der Waals surface area contributed by atoms with Crippen molar-refractivity contribution in [2.75, 3.05) is 13.7 Å². The quantitative estimate of drug-likeness (QED) is 0.474.